The number of Topliss-reactive ketones (excluding diaryl/α,β-unsaturated/α-hetero) is 1. The van der Waals surface area contributed by atoms with Crippen LogP contribution in [0.3, 0.4) is 0 Å². The number of ether oxygens (including phenoxy) is 2. The standard InChI is InChI=1S/C25H28O4/c1-7-28-23(27)29-19-11-8-17(9-12-19)14-16(2)18-10-13-20-21(15-18)25(5,6)22(26)24(20,3)4/h8-15H,7H2,1-6H3. The Kier molecular flexibility index (Phi) is 5.40. The topological polar surface area (TPSA) is 52.6 Å². The maximum absolute atomic E-state index is 12.9. The SMILES string of the molecule is CCOC(=O)Oc1ccc(C=C(C)c2ccc3c(c2)C(C)(C)C(=O)C3(C)C)cc1. The van der Waals surface area contributed by atoms with Gasteiger partial charge in [-0.3, -0.25) is 4.79 Å². The third kappa shape index (κ3) is 3.84. The van der Waals surface area contributed by atoms with E-state index < -0.39 is 17.0 Å². The maximum Gasteiger partial charge on any atom is 0.513 e. The third-order valence-electron chi connectivity index (χ3n) is 5.68. The van der Waals surface area contributed by atoms with Crippen LogP contribution in [-0.4, -0.2) is 18.5 Å². The normalized spacial score (nSPS) is 17.0. The fourth-order valence-corrected chi connectivity index (χ4v) is 4.09. The van der Waals surface area contributed by atoms with Gasteiger partial charge < -0.3 is 9.47 Å². The van der Waals surface area contributed by atoms with E-state index in [1.165, 1.54) is 0 Å². The first-order valence-corrected chi connectivity index (χ1v) is 9.90. The average molecular weight is 392 g/mol. The molecule has 1 aliphatic rings. The number of rotatable bonds is 4. The van der Waals surface area contributed by atoms with Gasteiger partial charge in [-0.05, 0) is 81.5 Å². The second-order valence-corrected chi connectivity index (χ2v) is 8.52. The molecular formula is C25H28O4. The highest BCUT2D eigenvalue weighted by molar-refractivity contribution is 6.03. The average Bonchev–Trinajstić information content (AvgIpc) is 2.81. The van der Waals surface area contributed by atoms with E-state index in [4.69, 9.17) is 9.47 Å². The minimum absolute atomic E-state index is 0.260. The zero-order valence-corrected chi connectivity index (χ0v) is 18.0. The summed E-state index contributed by atoms with van der Waals surface area (Å²) in [5.41, 5.74) is 4.47. The molecule has 0 spiro atoms. The van der Waals surface area contributed by atoms with Crippen LogP contribution in [0, 0.1) is 0 Å². The van der Waals surface area contributed by atoms with Crippen molar-refractivity contribution in [2.24, 2.45) is 0 Å². The Balaban J connectivity index is 1.86. The zero-order valence-electron chi connectivity index (χ0n) is 18.0. The first-order chi connectivity index (χ1) is 13.6. The van der Waals surface area contributed by atoms with Gasteiger partial charge in [-0.15, -0.1) is 0 Å². The summed E-state index contributed by atoms with van der Waals surface area (Å²) in [4.78, 5) is 24.3. The molecule has 152 valence electrons. The van der Waals surface area contributed by atoms with Crippen molar-refractivity contribution in [1.82, 2.24) is 0 Å². The molecule has 0 saturated heterocycles. The lowest BCUT2D eigenvalue weighted by molar-refractivity contribution is -0.126. The summed E-state index contributed by atoms with van der Waals surface area (Å²) < 4.78 is 9.87. The molecule has 4 heteroatoms. The summed E-state index contributed by atoms with van der Waals surface area (Å²) in [5.74, 6) is 0.703. The molecule has 2 aromatic carbocycles. The summed E-state index contributed by atoms with van der Waals surface area (Å²) in [5, 5.41) is 0. The molecule has 2 aromatic rings. The Morgan fingerprint density at radius 1 is 0.966 bits per heavy atom. The molecule has 0 saturated carbocycles. The van der Waals surface area contributed by atoms with Gasteiger partial charge in [0, 0.05) is 10.8 Å². The molecule has 0 amide bonds. The van der Waals surface area contributed by atoms with E-state index in [2.05, 4.69) is 31.2 Å². The molecule has 0 bridgehead atoms. The lowest BCUT2D eigenvalue weighted by Crippen LogP contribution is -2.33. The number of carbonyl (C=O) groups excluding carboxylic acids is 2. The monoisotopic (exact) mass is 392 g/mol. The predicted molar refractivity (Wildman–Crippen MR) is 115 cm³/mol. The van der Waals surface area contributed by atoms with Gasteiger partial charge >= 0.3 is 6.16 Å². The van der Waals surface area contributed by atoms with Gasteiger partial charge in [-0.25, -0.2) is 4.79 Å². The van der Waals surface area contributed by atoms with E-state index in [9.17, 15) is 9.59 Å². The van der Waals surface area contributed by atoms with Crippen LogP contribution in [0.25, 0.3) is 11.6 Å². The van der Waals surface area contributed by atoms with Gasteiger partial charge in [0.05, 0.1) is 6.61 Å². The smallest absolute Gasteiger partial charge is 0.434 e. The molecule has 0 radical (unpaired) electrons. The van der Waals surface area contributed by atoms with Gasteiger partial charge in [0.15, 0.2) is 5.78 Å². The first kappa shape index (κ1) is 20.8. The summed E-state index contributed by atoms with van der Waals surface area (Å²) in [6.45, 7) is 12.1. The number of carbonyl (C=O) groups is 2. The highest BCUT2D eigenvalue weighted by Crippen LogP contribution is 2.47. The second-order valence-electron chi connectivity index (χ2n) is 8.52. The highest BCUT2D eigenvalue weighted by atomic mass is 16.7. The van der Waals surface area contributed by atoms with E-state index in [0.717, 1.165) is 27.8 Å². The summed E-state index contributed by atoms with van der Waals surface area (Å²) >= 11 is 0. The van der Waals surface area contributed by atoms with Crippen LogP contribution in [0.4, 0.5) is 4.79 Å². The van der Waals surface area contributed by atoms with Crippen LogP contribution in [0.15, 0.2) is 42.5 Å². The van der Waals surface area contributed by atoms with Crippen molar-refractivity contribution in [2.45, 2.75) is 52.4 Å². The molecule has 3 rings (SSSR count). The number of allylic oxidation sites excluding steroid dienone is 1. The number of fused-ring (bicyclic) bond motifs is 1. The summed E-state index contributed by atoms with van der Waals surface area (Å²) in [6, 6.07) is 13.6. The van der Waals surface area contributed by atoms with E-state index >= 15 is 0 Å². The lowest BCUT2D eigenvalue weighted by atomic mass is 9.80. The number of benzene rings is 2. The van der Waals surface area contributed by atoms with Crippen molar-refractivity contribution in [3.05, 3.63) is 64.7 Å². The minimum atomic E-state index is -0.704. The van der Waals surface area contributed by atoms with Crippen molar-refractivity contribution in [2.75, 3.05) is 6.61 Å². The summed E-state index contributed by atoms with van der Waals surface area (Å²) in [6.07, 6.45) is 1.37. The molecule has 0 aliphatic heterocycles. The van der Waals surface area contributed by atoms with Crippen molar-refractivity contribution >= 4 is 23.6 Å². The van der Waals surface area contributed by atoms with Gasteiger partial charge in [0.1, 0.15) is 5.75 Å². The highest BCUT2D eigenvalue weighted by Gasteiger charge is 2.50. The molecule has 0 atom stereocenters. The second kappa shape index (κ2) is 7.51. The van der Waals surface area contributed by atoms with E-state index in [0.29, 0.717) is 5.75 Å². The van der Waals surface area contributed by atoms with Crippen LogP contribution < -0.4 is 4.74 Å². The van der Waals surface area contributed by atoms with Crippen molar-refractivity contribution in [3.63, 3.8) is 0 Å². The number of hydrogen-bond acceptors (Lipinski definition) is 4. The Morgan fingerprint density at radius 3 is 2.21 bits per heavy atom. The van der Waals surface area contributed by atoms with Crippen molar-refractivity contribution in [1.29, 1.82) is 0 Å². The summed E-state index contributed by atoms with van der Waals surface area (Å²) in [7, 11) is 0. The van der Waals surface area contributed by atoms with Crippen LogP contribution in [0.1, 0.15) is 63.8 Å². The largest absolute Gasteiger partial charge is 0.513 e. The molecule has 4 nitrogen and oxygen atoms in total. The first-order valence-electron chi connectivity index (χ1n) is 9.90. The van der Waals surface area contributed by atoms with Gasteiger partial charge in [0.2, 0.25) is 0 Å². The van der Waals surface area contributed by atoms with E-state index in [1.807, 2.05) is 39.8 Å². The van der Waals surface area contributed by atoms with Crippen LogP contribution in [0.2, 0.25) is 0 Å². The predicted octanol–water partition coefficient (Wildman–Crippen LogP) is 5.92. The maximum atomic E-state index is 12.9. The van der Waals surface area contributed by atoms with E-state index in [1.54, 1.807) is 19.1 Å². The molecule has 0 aromatic heterocycles. The fraction of sp³-hybridized carbons (Fsp3) is 0.360. The number of ketones is 1. The molecule has 1 aliphatic carbocycles. The Morgan fingerprint density at radius 2 is 1.59 bits per heavy atom. The zero-order chi connectivity index (χ0) is 21.4. The lowest BCUT2D eigenvalue weighted by Gasteiger charge is -2.21. The Bertz CT molecular complexity index is 978. The molecular weight excluding hydrogens is 364 g/mol. The molecule has 0 fully saturated rings. The Labute approximate surface area is 172 Å². The van der Waals surface area contributed by atoms with Gasteiger partial charge in [0.25, 0.3) is 0 Å². The van der Waals surface area contributed by atoms with Crippen LogP contribution in [0.5, 0.6) is 5.75 Å². The molecule has 0 unspecified atom stereocenters. The fourth-order valence-electron chi connectivity index (χ4n) is 4.09. The van der Waals surface area contributed by atoms with Crippen LogP contribution in [-0.2, 0) is 20.4 Å². The third-order valence-corrected chi connectivity index (χ3v) is 5.68. The molecule has 0 N–H and O–H groups in total. The van der Waals surface area contributed by atoms with Crippen LogP contribution >= 0.6 is 0 Å². The molecule has 0 heterocycles. The Hall–Kier alpha value is -2.88. The molecule has 29 heavy (non-hydrogen) atoms. The van der Waals surface area contributed by atoms with Crippen molar-refractivity contribution in [3.8, 4) is 5.75 Å². The minimum Gasteiger partial charge on any atom is -0.434 e. The van der Waals surface area contributed by atoms with Gasteiger partial charge in [-0.2, -0.15) is 0 Å². The van der Waals surface area contributed by atoms with Gasteiger partial charge in [-0.1, -0.05) is 36.4 Å². The number of hydrogen-bond donors (Lipinski definition) is 0. The van der Waals surface area contributed by atoms with E-state index in [-0.39, 0.29) is 12.4 Å². The quantitative estimate of drug-likeness (QED) is 0.368. The van der Waals surface area contributed by atoms with Crippen molar-refractivity contribution < 1.29 is 19.1 Å².